The number of nitrogens with zero attached hydrogens (tertiary/aromatic N) is 2. The van der Waals surface area contributed by atoms with Crippen LogP contribution < -0.4 is 0 Å². The predicted molar refractivity (Wildman–Crippen MR) is 65.6 cm³/mol. The molecule has 0 aromatic heterocycles. The average Bonchev–Trinajstić information content (AvgIpc) is 2.59. The zero-order valence-electron chi connectivity index (χ0n) is 10.8. The Hall–Kier alpha value is -0.160. The summed E-state index contributed by atoms with van der Waals surface area (Å²) in [4.78, 5) is 8.16. The summed E-state index contributed by atoms with van der Waals surface area (Å²) in [5.41, 5.74) is 0. The third-order valence-corrected chi connectivity index (χ3v) is 4.35. The monoisotopic (exact) mass is 240 g/mol. The largest absolute Gasteiger partial charge is 0.377 e. The minimum absolute atomic E-state index is 0.452. The number of hydrogen-bond donors (Lipinski definition) is 0. The van der Waals surface area contributed by atoms with Crippen LogP contribution in [0.5, 0.6) is 0 Å². The van der Waals surface area contributed by atoms with Crippen molar-refractivity contribution < 1.29 is 9.57 Å². The van der Waals surface area contributed by atoms with Crippen LogP contribution in [0.25, 0.3) is 0 Å². The van der Waals surface area contributed by atoms with Gasteiger partial charge in [0.05, 0.1) is 19.3 Å². The summed E-state index contributed by atoms with van der Waals surface area (Å²) in [6.45, 7) is 6.39. The fourth-order valence-electron chi connectivity index (χ4n) is 3.42. The summed E-state index contributed by atoms with van der Waals surface area (Å²) in [7, 11) is 2.22. The smallest absolute Gasteiger partial charge is 0.0705 e. The molecule has 4 fully saturated rings. The molecule has 4 nitrogen and oxygen atoms in total. The molecule has 4 aliphatic rings. The Morgan fingerprint density at radius 2 is 2.18 bits per heavy atom. The van der Waals surface area contributed by atoms with Crippen molar-refractivity contribution in [2.75, 3.05) is 46.4 Å². The molecule has 4 heterocycles. The molecule has 0 amide bonds. The van der Waals surface area contributed by atoms with Gasteiger partial charge >= 0.3 is 0 Å². The lowest BCUT2D eigenvalue weighted by Gasteiger charge is -2.36. The van der Waals surface area contributed by atoms with Crippen molar-refractivity contribution in [3.05, 3.63) is 0 Å². The first-order valence-corrected chi connectivity index (χ1v) is 6.99. The quantitative estimate of drug-likeness (QED) is 0.718. The van der Waals surface area contributed by atoms with Gasteiger partial charge in [-0.3, -0.25) is 4.84 Å². The summed E-state index contributed by atoms with van der Waals surface area (Å²) < 4.78 is 5.89. The fraction of sp³-hybridized carbons (Fsp3) is 1.00. The first-order valence-electron chi connectivity index (χ1n) is 6.99. The lowest BCUT2D eigenvalue weighted by atomic mass is 9.86. The van der Waals surface area contributed by atoms with E-state index in [9.17, 15) is 0 Å². The highest BCUT2D eigenvalue weighted by molar-refractivity contribution is 4.87. The molecule has 17 heavy (non-hydrogen) atoms. The standard InChI is InChI=1S/C13H24N2O2/c1-14-7-12-10-16-13(9-14)6-11(12)8-15-4-2-3-5-17-15/h11-13H,2-10H2,1H3. The third-order valence-electron chi connectivity index (χ3n) is 4.35. The average molecular weight is 240 g/mol. The molecule has 0 saturated carbocycles. The van der Waals surface area contributed by atoms with E-state index in [0.717, 1.165) is 38.8 Å². The zero-order valence-corrected chi connectivity index (χ0v) is 10.8. The highest BCUT2D eigenvalue weighted by Crippen LogP contribution is 2.31. The zero-order chi connectivity index (χ0) is 11.7. The first-order chi connectivity index (χ1) is 8.31. The number of likely N-dealkylation sites (N-methyl/N-ethyl adjacent to an activating group) is 1. The molecule has 98 valence electrons. The van der Waals surface area contributed by atoms with E-state index < -0.39 is 0 Å². The summed E-state index contributed by atoms with van der Waals surface area (Å²) in [6, 6.07) is 0. The second-order valence-corrected chi connectivity index (χ2v) is 5.86. The number of hydrogen-bond acceptors (Lipinski definition) is 4. The van der Waals surface area contributed by atoms with Crippen LogP contribution in [0.2, 0.25) is 0 Å². The van der Waals surface area contributed by atoms with Gasteiger partial charge < -0.3 is 9.64 Å². The highest BCUT2D eigenvalue weighted by Gasteiger charge is 2.37. The lowest BCUT2D eigenvalue weighted by molar-refractivity contribution is -0.195. The van der Waals surface area contributed by atoms with Crippen LogP contribution in [0.1, 0.15) is 19.3 Å². The van der Waals surface area contributed by atoms with Gasteiger partial charge in [0.1, 0.15) is 0 Å². The van der Waals surface area contributed by atoms with Crippen molar-refractivity contribution >= 4 is 0 Å². The van der Waals surface area contributed by atoms with Crippen LogP contribution in [0.4, 0.5) is 0 Å². The molecule has 3 atom stereocenters. The van der Waals surface area contributed by atoms with E-state index in [1.165, 1.54) is 25.8 Å². The number of fused-ring (bicyclic) bond motifs is 4. The Morgan fingerprint density at radius 1 is 1.24 bits per heavy atom. The lowest BCUT2D eigenvalue weighted by Crippen LogP contribution is -2.42. The van der Waals surface area contributed by atoms with Crippen molar-refractivity contribution in [1.82, 2.24) is 9.96 Å². The molecular formula is C13H24N2O2. The van der Waals surface area contributed by atoms with E-state index in [2.05, 4.69) is 17.0 Å². The van der Waals surface area contributed by atoms with Crippen molar-refractivity contribution in [3.63, 3.8) is 0 Å². The van der Waals surface area contributed by atoms with Gasteiger partial charge in [-0.1, -0.05) is 0 Å². The molecule has 0 radical (unpaired) electrons. The van der Waals surface area contributed by atoms with Crippen LogP contribution in [0.15, 0.2) is 0 Å². The normalized spacial score (nSPS) is 40.4. The first kappa shape index (κ1) is 11.9. The van der Waals surface area contributed by atoms with Crippen LogP contribution in [0.3, 0.4) is 0 Å². The van der Waals surface area contributed by atoms with Crippen LogP contribution >= 0.6 is 0 Å². The van der Waals surface area contributed by atoms with Crippen molar-refractivity contribution in [2.24, 2.45) is 11.8 Å². The Kier molecular flexibility index (Phi) is 3.66. The van der Waals surface area contributed by atoms with Crippen LogP contribution in [0, 0.1) is 11.8 Å². The molecule has 4 aliphatic heterocycles. The minimum atomic E-state index is 0.452. The molecule has 0 aromatic carbocycles. The molecule has 4 saturated heterocycles. The molecular weight excluding hydrogens is 216 g/mol. The van der Waals surface area contributed by atoms with Gasteiger partial charge in [0, 0.05) is 26.2 Å². The topological polar surface area (TPSA) is 24.9 Å². The SMILES string of the molecule is CN1CC2CC(CN3CCCCO3)C(CO2)C1. The molecule has 3 unspecified atom stereocenters. The van der Waals surface area contributed by atoms with Gasteiger partial charge in [-0.25, -0.2) is 0 Å². The second kappa shape index (κ2) is 5.22. The Labute approximate surface area is 104 Å². The second-order valence-electron chi connectivity index (χ2n) is 5.86. The predicted octanol–water partition coefficient (Wildman–Crippen LogP) is 0.980. The maximum absolute atomic E-state index is 5.89. The van der Waals surface area contributed by atoms with Gasteiger partial charge in [-0.2, -0.15) is 5.06 Å². The van der Waals surface area contributed by atoms with E-state index in [-0.39, 0.29) is 0 Å². The van der Waals surface area contributed by atoms with Crippen molar-refractivity contribution in [1.29, 1.82) is 0 Å². The van der Waals surface area contributed by atoms with E-state index >= 15 is 0 Å². The molecule has 0 aromatic rings. The molecule has 0 spiro atoms. The third kappa shape index (κ3) is 2.81. The van der Waals surface area contributed by atoms with Crippen molar-refractivity contribution in [3.8, 4) is 0 Å². The Balaban J connectivity index is 1.59. The van der Waals surface area contributed by atoms with E-state index in [1.54, 1.807) is 0 Å². The van der Waals surface area contributed by atoms with E-state index in [1.807, 2.05) is 0 Å². The number of rotatable bonds is 2. The number of ether oxygens (including phenoxy) is 1. The van der Waals surface area contributed by atoms with Gasteiger partial charge in [0.15, 0.2) is 0 Å². The van der Waals surface area contributed by atoms with Gasteiger partial charge in [0.25, 0.3) is 0 Å². The van der Waals surface area contributed by atoms with E-state index in [4.69, 9.17) is 9.57 Å². The fourth-order valence-corrected chi connectivity index (χ4v) is 3.42. The molecule has 4 rings (SSSR count). The highest BCUT2D eigenvalue weighted by atomic mass is 16.7. The summed E-state index contributed by atoms with van der Waals surface area (Å²) in [5.74, 6) is 1.46. The maximum Gasteiger partial charge on any atom is 0.0705 e. The van der Waals surface area contributed by atoms with Crippen LogP contribution in [-0.2, 0) is 9.57 Å². The summed E-state index contributed by atoms with van der Waals surface area (Å²) in [6.07, 6.45) is 4.18. The molecule has 0 N–H and O–H groups in total. The maximum atomic E-state index is 5.89. The minimum Gasteiger partial charge on any atom is -0.377 e. The number of hydroxylamine groups is 2. The summed E-state index contributed by atoms with van der Waals surface area (Å²) >= 11 is 0. The Morgan fingerprint density at radius 3 is 3.00 bits per heavy atom. The van der Waals surface area contributed by atoms with Gasteiger partial charge in [-0.15, -0.1) is 0 Å². The molecule has 2 bridgehead atoms. The van der Waals surface area contributed by atoms with Gasteiger partial charge in [0.2, 0.25) is 0 Å². The van der Waals surface area contributed by atoms with Gasteiger partial charge in [-0.05, 0) is 38.1 Å². The molecule has 4 heteroatoms. The molecule has 0 aliphatic carbocycles. The van der Waals surface area contributed by atoms with E-state index in [0.29, 0.717) is 12.0 Å². The van der Waals surface area contributed by atoms with Crippen molar-refractivity contribution in [2.45, 2.75) is 25.4 Å². The summed E-state index contributed by atoms with van der Waals surface area (Å²) in [5, 5.41) is 2.20. The van der Waals surface area contributed by atoms with Crippen LogP contribution in [-0.4, -0.2) is 62.5 Å². The Bertz CT molecular complexity index is 256.